The molecule has 0 radical (unpaired) electrons. The second kappa shape index (κ2) is 5.54. The Labute approximate surface area is 138 Å². The molecule has 0 atom stereocenters. The Hall–Kier alpha value is -1.51. The predicted molar refractivity (Wildman–Crippen MR) is 89.0 cm³/mol. The van der Waals surface area contributed by atoms with E-state index < -0.39 is 10.0 Å². The lowest BCUT2D eigenvalue weighted by molar-refractivity contribution is 0.0698. The molecule has 2 aliphatic rings. The zero-order chi connectivity index (χ0) is 16.0. The minimum absolute atomic E-state index is 0.0382. The van der Waals surface area contributed by atoms with Crippen LogP contribution in [0.2, 0.25) is 0 Å². The van der Waals surface area contributed by atoms with Gasteiger partial charge in [-0.1, -0.05) is 0 Å². The van der Waals surface area contributed by atoms with Gasteiger partial charge in [-0.3, -0.25) is 4.79 Å². The van der Waals surface area contributed by atoms with Crippen molar-refractivity contribution in [2.24, 2.45) is 0 Å². The standard InChI is InChI=1S/C15H17N3O3S2/c19-15(11-1-4-13-14(9-11)22-10-16-13)17-5-7-18(8-6-17)23(20,21)12-2-3-12/h1,4,9-10,12H,2-3,5-8H2. The van der Waals surface area contributed by atoms with Crippen molar-refractivity contribution in [1.29, 1.82) is 0 Å². The molecule has 2 heterocycles. The quantitative estimate of drug-likeness (QED) is 0.841. The molecule has 0 spiro atoms. The molecule has 122 valence electrons. The SMILES string of the molecule is O=C(c1ccc2ncsc2c1)N1CCN(S(=O)(=O)C2CC2)CC1. The fourth-order valence-electron chi connectivity index (χ4n) is 2.89. The van der Waals surface area contributed by atoms with Gasteiger partial charge in [0.25, 0.3) is 5.91 Å². The van der Waals surface area contributed by atoms with E-state index in [1.165, 1.54) is 11.3 Å². The highest BCUT2D eigenvalue weighted by Crippen LogP contribution is 2.31. The maximum Gasteiger partial charge on any atom is 0.253 e. The Morgan fingerprint density at radius 3 is 2.61 bits per heavy atom. The molecule has 4 rings (SSSR count). The molecule has 1 saturated carbocycles. The van der Waals surface area contributed by atoms with Gasteiger partial charge in [0.15, 0.2) is 0 Å². The van der Waals surface area contributed by atoms with Gasteiger partial charge in [0.05, 0.1) is 21.0 Å². The van der Waals surface area contributed by atoms with Crippen LogP contribution in [0.3, 0.4) is 0 Å². The average Bonchev–Trinajstić information content (AvgIpc) is 3.33. The smallest absolute Gasteiger partial charge is 0.253 e. The molecular formula is C15H17N3O3S2. The minimum Gasteiger partial charge on any atom is -0.336 e. The van der Waals surface area contributed by atoms with Crippen molar-refractivity contribution in [2.45, 2.75) is 18.1 Å². The van der Waals surface area contributed by atoms with Gasteiger partial charge >= 0.3 is 0 Å². The number of carbonyl (C=O) groups is 1. The van der Waals surface area contributed by atoms with Crippen molar-refractivity contribution in [3.63, 3.8) is 0 Å². The summed E-state index contributed by atoms with van der Waals surface area (Å²) in [5.74, 6) is -0.0382. The van der Waals surface area contributed by atoms with Crippen LogP contribution in [-0.2, 0) is 10.0 Å². The lowest BCUT2D eigenvalue weighted by Gasteiger charge is -2.34. The van der Waals surface area contributed by atoms with E-state index in [0.29, 0.717) is 31.7 Å². The lowest BCUT2D eigenvalue weighted by Crippen LogP contribution is -2.51. The molecule has 1 aliphatic carbocycles. The molecule has 23 heavy (non-hydrogen) atoms. The first kappa shape index (κ1) is 15.0. The number of fused-ring (bicyclic) bond motifs is 1. The molecule has 1 aliphatic heterocycles. The Morgan fingerprint density at radius 2 is 1.91 bits per heavy atom. The van der Waals surface area contributed by atoms with Crippen LogP contribution in [0.5, 0.6) is 0 Å². The fourth-order valence-corrected chi connectivity index (χ4v) is 5.44. The number of carbonyl (C=O) groups excluding carboxylic acids is 1. The van der Waals surface area contributed by atoms with Crippen LogP contribution >= 0.6 is 11.3 Å². The summed E-state index contributed by atoms with van der Waals surface area (Å²) in [5.41, 5.74) is 3.30. The van der Waals surface area contributed by atoms with Gasteiger partial charge in [-0.25, -0.2) is 13.4 Å². The van der Waals surface area contributed by atoms with Crippen LogP contribution in [0, 0.1) is 0 Å². The van der Waals surface area contributed by atoms with Gasteiger partial charge < -0.3 is 4.90 Å². The fraction of sp³-hybridized carbons (Fsp3) is 0.467. The Kier molecular flexibility index (Phi) is 3.62. The van der Waals surface area contributed by atoms with E-state index in [4.69, 9.17) is 0 Å². The van der Waals surface area contributed by atoms with Gasteiger partial charge in [0.1, 0.15) is 0 Å². The number of hydrogen-bond donors (Lipinski definition) is 0. The van der Waals surface area contributed by atoms with Crippen molar-refractivity contribution < 1.29 is 13.2 Å². The normalized spacial score (nSPS) is 20.1. The number of sulfonamides is 1. The maximum absolute atomic E-state index is 12.6. The molecule has 0 N–H and O–H groups in total. The highest BCUT2D eigenvalue weighted by molar-refractivity contribution is 7.90. The first-order chi connectivity index (χ1) is 11.1. The summed E-state index contributed by atoms with van der Waals surface area (Å²) in [4.78, 5) is 18.6. The zero-order valence-electron chi connectivity index (χ0n) is 12.5. The van der Waals surface area contributed by atoms with Crippen LogP contribution in [0.15, 0.2) is 23.7 Å². The second-order valence-electron chi connectivity index (χ2n) is 5.97. The Balaban J connectivity index is 1.46. The van der Waals surface area contributed by atoms with E-state index in [1.807, 2.05) is 12.1 Å². The molecule has 1 amide bonds. The number of rotatable bonds is 3. The molecule has 1 aromatic heterocycles. The highest BCUT2D eigenvalue weighted by Gasteiger charge is 2.41. The Bertz CT molecular complexity index is 850. The van der Waals surface area contributed by atoms with Crippen molar-refractivity contribution in [3.8, 4) is 0 Å². The van der Waals surface area contributed by atoms with Gasteiger partial charge in [0, 0.05) is 31.7 Å². The van der Waals surface area contributed by atoms with E-state index in [1.54, 1.807) is 20.8 Å². The third-order valence-corrected chi connectivity index (χ3v) is 7.60. The van der Waals surface area contributed by atoms with Gasteiger partial charge in [-0.15, -0.1) is 11.3 Å². The third-order valence-electron chi connectivity index (χ3n) is 4.41. The van der Waals surface area contributed by atoms with Crippen molar-refractivity contribution in [3.05, 3.63) is 29.3 Å². The second-order valence-corrected chi connectivity index (χ2v) is 9.07. The summed E-state index contributed by atoms with van der Waals surface area (Å²) in [5, 5.41) is -0.182. The Morgan fingerprint density at radius 1 is 1.17 bits per heavy atom. The zero-order valence-corrected chi connectivity index (χ0v) is 14.1. The summed E-state index contributed by atoms with van der Waals surface area (Å²) < 4.78 is 27.0. The van der Waals surface area contributed by atoms with E-state index in [-0.39, 0.29) is 11.2 Å². The predicted octanol–water partition coefficient (Wildman–Crippen LogP) is 1.55. The monoisotopic (exact) mass is 351 g/mol. The van der Waals surface area contributed by atoms with E-state index in [9.17, 15) is 13.2 Å². The topological polar surface area (TPSA) is 70.6 Å². The summed E-state index contributed by atoms with van der Waals surface area (Å²) in [7, 11) is -3.14. The average molecular weight is 351 g/mol. The van der Waals surface area contributed by atoms with E-state index >= 15 is 0 Å². The molecule has 0 bridgehead atoms. The van der Waals surface area contributed by atoms with Crippen LogP contribution in [0.4, 0.5) is 0 Å². The highest BCUT2D eigenvalue weighted by atomic mass is 32.2. The van der Waals surface area contributed by atoms with Crippen LogP contribution in [0.1, 0.15) is 23.2 Å². The molecule has 2 fully saturated rings. The van der Waals surface area contributed by atoms with Gasteiger partial charge in [-0.05, 0) is 31.0 Å². The first-order valence-electron chi connectivity index (χ1n) is 7.67. The molecule has 6 nitrogen and oxygen atoms in total. The van der Waals surface area contributed by atoms with Crippen LogP contribution < -0.4 is 0 Å². The summed E-state index contributed by atoms with van der Waals surface area (Å²) in [6, 6.07) is 5.51. The molecule has 1 saturated heterocycles. The molecule has 8 heteroatoms. The number of amides is 1. The van der Waals surface area contributed by atoms with Crippen molar-refractivity contribution in [2.75, 3.05) is 26.2 Å². The lowest BCUT2D eigenvalue weighted by atomic mass is 10.2. The molecule has 1 aromatic carbocycles. The number of aromatic nitrogens is 1. The third kappa shape index (κ3) is 2.75. The summed E-state index contributed by atoms with van der Waals surface area (Å²) in [6.45, 7) is 1.69. The van der Waals surface area contributed by atoms with Crippen LogP contribution in [-0.4, -0.2) is 59.9 Å². The number of nitrogens with zero attached hydrogens (tertiary/aromatic N) is 3. The minimum atomic E-state index is -3.14. The van der Waals surface area contributed by atoms with Crippen molar-refractivity contribution in [1.82, 2.24) is 14.2 Å². The maximum atomic E-state index is 12.6. The number of thiazole rings is 1. The molecule has 2 aromatic rings. The summed E-state index contributed by atoms with van der Waals surface area (Å²) in [6.07, 6.45) is 1.55. The van der Waals surface area contributed by atoms with Crippen LogP contribution in [0.25, 0.3) is 10.2 Å². The van der Waals surface area contributed by atoms with E-state index in [0.717, 1.165) is 23.1 Å². The number of benzene rings is 1. The van der Waals surface area contributed by atoms with Gasteiger partial charge in [-0.2, -0.15) is 4.31 Å². The van der Waals surface area contributed by atoms with E-state index in [2.05, 4.69) is 4.98 Å². The summed E-state index contributed by atoms with van der Waals surface area (Å²) >= 11 is 1.51. The molecule has 0 unspecified atom stereocenters. The van der Waals surface area contributed by atoms with Crippen molar-refractivity contribution >= 4 is 37.5 Å². The number of hydrogen-bond acceptors (Lipinski definition) is 5. The number of piperazine rings is 1. The van der Waals surface area contributed by atoms with Gasteiger partial charge in [0.2, 0.25) is 10.0 Å². The largest absolute Gasteiger partial charge is 0.336 e. The first-order valence-corrected chi connectivity index (χ1v) is 10.1. The molecular weight excluding hydrogens is 334 g/mol.